The highest BCUT2D eigenvalue weighted by Gasteiger charge is 2.36. The molecule has 1 fully saturated rings. The van der Waals surface area contributed by atoms with Crippen LogP contribution < -0.4 is 5.32 Å². The molecule has 2 atom stereocenters. The maximum atomic E-state index is 13.3. The third-order valence-corrected chi connectivity index (χ3v) is 7.21. The standard InChI is InChI=1S/C21H26N2O5S/c24-18(13-5-1-2-6-14(13)21(26)27)22-19-17(15-7-3-4-8-16(15)29-19)20(25)23-9-11-28-12-10-23/h1-2,13-14H,3-12H2,(H,22,24)(H,26,27)/t13-,14-/m1/s1. The molecule has 7 nitrogen and oxygen atoms in total. The van der Waals surface area contributed by atoms with Crippen LogP contribution in [0, 0.1) is 11.8 Å². The minimum Gasteiger partial charge on any atom is -0.481 e. The van der Waals surface area contributed by atoms with Gasteiger partial charge in [0.15, 0.2) is 0 Å². The normalized spacial score (nSPS) is 24.1. The van der Waals surface area contributed by atoms with Crippen LogP contribution in [-0.4, -0.2) is 54.1 Å². The fourth-order valence-electron chi connectivity index (χ4n) is 4.39. The van der Waals surface area contributed by atoms with Crippen molar-refractivity contribution in [3.63, 3.8) is 0 Å². The average molecular weight is 419 g/mol. The number of nitrogens with one attached hydrogen (secondary N) is 1. The second-order valence-corrected chi connectivity index (χ2v) is 8.91. The largest absolute Gasteiger partial charge is 0.481 e. The second-order valence-electron chi connectivity index (χ2n) is 7.80. The van der Waals surface area contributed by atoms with Gasteiger partial charge in [0.1, 0.15) is 5.00 Å². The molecule has 29 heavy (non-hydrogen) atoms. The number of carbonyl (C=O) groups excluding carboxylic acids is 2. The van der Waals surface area contributed by atoms with Crippen LogP contribution in [0.15, 0.2) is 12.2 Å². The molecule has 2 N–H and O–H groups in total. The van der Waals surface area contributed by atoms with Crippen molar-refractivity contribution >= 4 is 34.1 Å². The van der Waals surface area contributed by atoms with Gasteiger partial charge < -0.3 is 20.1 Å². The molecule has 3 aliphatic rings. The van der Waals surface area contributed by atoms with E-state index in [0.717, 1.165) is 31.2 Å². The van der Waals surface area contributed by atoms with Gasteiger partial charge >= 0.3 is 5.97 Å². The molecule has 8 heteroatoms. The topological polar surface area (TPSA) is 95.9 Å². The summed E-state index contributed by atoms with van der Waals surface area (Å²) in [4.78, 5) is 40.8. The number of carboxylic acids is 1. The number of hydrogen-bond donors (Lipinski definition) is 2. The van der Waals surface area contributed by atoms with E-state index in [4.69, 9.17) is 4.74 Å². The zero-order valence-corrected chi connectivity index (χ0v) is 17.1. The molecule has 0 spiro atoms. The van der Waals surface area contributed by atoms with Crippen molar-refractivity contribution < 1.29 is 24.2 Å². The number of rotatable bonds is 4. The summed E-state index contributed by atoms with van der Waals surface area (Å²) >= 11 is 1.48. The Morgan fingerprint density at radius 1 is 1.07 bits per heavy atom. The Labute approximate surface area is 173 Å². The quantitative estimate of drug-likeness (QED) is 0.733. The smallest absolute Gasteiger partial charge is 0.307 e. The van der Waals surface area contributed by atoms with Gasteiger partial charge in [-0.1, -0.05) is 12.2 Å². The van der Waals surface area contributed by atoms with Gasteiger partial charge in [0, 0.05) is 18.0 Å². The van der Waals surface area contributed by atoms with Crippen LogP contribution in [0.25, 0.3) is 0 Å². The van der Waals surface area contributed by atoms with Gasteiger partial charge in [0.25, 0.3) is 5.91 Å². The van der Waals surface area contributed by atoms with Gasteiger partial charge in [-0.2, -0.15) is 0 Å². The zero-order valence-electron chi connectivity index (χ0n) is 16.3. The van der Waals surface area contributed by atoms with E-state index in [0.29, 0.717) is 49.7 Å². The summed E-state index contributed by atoms with van der Waals surface area (Å²) in [6, 6.07) is 0. The van der Waals surface area contributed by atoms with Crippen molar-refractivity contribution in [1.29, 1.82) is 0 Å². The minimum absolute atomic E-state index is 0.0543. The Bertz CT molecular complexity index is 840. The molecule has 1 saturated heterocycles. The number of morpholine rings is 1. The first-order chi connectivity index (χ1) is 14.1. The predicted octanol–water partition coefficient (Wildman–Crippen LogP) is 2.70. The second kappa shape index (κ2) is 8.67. The highest BCUT2D eigenvalue weighted by Crippen LogP contribution is 2.40. The van der Waals surface area contributed by atoms with Crippen molar-refractivity contribution in [1.82, 2.24) is 4.90 Å². The van der Waals surface area contributed by atoms with Crippen LogP contribution in [0.2, 0.25) is 0 Å². The van der Waals surface area contributed by atoms with E-state index in [2.05, 4.69) is 5.32 Å². The zero-order chi connectivity index (χ0) is 20.4. The molecule has 1 aliphatic heterocycles. The van der Waals surface area contributed by atoms with Crippen LogP contribution in [0.1, 0.15) is 46.5 Å². The fourth-order valence-corrected chi connectivity index (χ4v) is 5.67. The van der Waals surface area contributed by atoms with Crippen molar-refractivity contribution in [2.24, 2.45) is 11.8 Å². The van der Waals surface area contributed by atoms with Crippen LogP contribution in [0.4, 0.5) is 5.00 Å². The Morgan fingerprint density at radius 2 is 1.76 bits per heavy atom. The number of aryl methyl sites for hydroxylation is 1. The molecular formula is C21H26N2O5S. The molecule has 1 aromatic rings. The number of carbonyl (C=O) groups is 3. The number of hydrogen-bond acceptors (Lipinski definition) is 5. The molecule has 0 unspecified atom stereocenters. The molecule has 156 valence electrons. The summed E-state index contributed by atoms with van der Waals surface area (Å²) in [6.45, 7) is 2.14. The number of allylic oxidation sites excluding steroid dienone is 2. The van der Waals surface area contributed by atoms with Gasteiger partial charge in [-0.25, -0.2) is 0 Å². The molecule has 0 radical (unpaired) electrons. The summed E-state index contributed by atoms with van der Waals surface area (Å²) in [7, 11) is 0. The Balaban J connectivity index is 1.62. The summed E-state index contributed by atoms with van der Waals surface area (Å²) in [5.74, 6) is -2.67. The summed E-state index contributed by atoms with van der Waals surface area (Å²) in [5, 5.41) is 13.0. The van der Waals surface area contributed by atoms with E-state index in [1.807, 2.05) is 12.2 Å². The molecule has 2 aliphatic carbocycles. The maximum absolute atomic E-state index is 13.3. The first-order valence-electron chi connectivity index (χ1n) is 10.3. The lowest BCUT2D eigenvalue weighted by molar-refractivity contribution is -0.146. The first-order valence-corrected chi connectivity index (χ1v) is 11.1. The number of thiophene rings is 1. The fraction of sp³-hybridized carbons (Fsp3) is 0.571. The van der Waals surface area contributed by atoms with Crippen LogP contribution in [0.3, 0.4) is 0 Å². The Hall–Kier alpha value is -2.19. The van der Waals surface area contributed by atoms with Gasteiger partial charge in [0.05, 0.1) is 30.6 Å². The number of aliphatic carboxylic acids is 1. The van der Waals surface area contributed by atoms with Crippen molar-refractivity contribution in [2.45, 2.75) is 38.5 Å². The van der Waals surface area contributed by atoms with E-state index in [-0.39, 0.29) is 11.8 Å². The van der Waals surface area contributed by atoms with Gasteiger partial charge in [-0.3, -0.25) is 14.4 Å². The molecule has 1 aromatic heterocycles. The predicted molar refractivity (Wildman–Crippen MR) is 109 cm³/mol. The summed E-state index contributed by atoms with van der Waals surface area (Å²) in [6.07, 6.45) is 8.33. The lowest BCUT2D eigenvalue weighted by Crippen LogP contribution is -2.41. The molecule has 4 rings (SSSR count). The van der Waals surface area contributed by atoms with Crippen LogP contribution >= 0.6 is 11.3 Å². The molecule has 2 amide bonds. The Morgan fingerprint density at radius 3 is 2.48 bits per heavy atom. The third kappa shape index (κ3) is 4.09. The number of nitrogens with zero attached hydrogens (tertiary/aromatic N) is 1. The number of anilines is 1. The first kappa shape index (κ1) is 20.1. The molecule has 0 saturated carbocycles. The van der Waals surface area contributed by atoms with Gasteiger partial charge in [-0.15, -0.1) is 11.3 Å². The SMILES string of the molecule is O=C(O)[C@@H]1CC=CC[C@H]1C(=O)Nc1sc2c(c1C(=O)N1CCOCC1)CCCC2. The van der Waals surface area contributed by atoms with Crippen LogP contribution in [-0.2, 0) is 27.2 Å². The number of ether oxygens (including phenoxy) is 1. The average Bonchev–Trinajstić information content (AvgIpc) is 3.11. The van der Waals surface area contributed by atoms with E-state index in [1.54, 1.807) is 4.90 Å². The van der Waals surface area contributed by atoms with E-state index < -0.39 is 17.8 Å². The highest BCUT2D eigenvalue weighted by atomic mass is 32.1. The lowest BCUT2D eigenvalue weighted by Gasteiger charge is -2.28. The van der Waals surface area contributed by atoms with E-state index in [9.17, 15) is 19.5 Å². The van der Waals surface area contributed by atoms with Crippen molar-refractivity contribution in [3.8, 4) is 0 Å². The summed E-state index contributed by atoms with van der Waals surface area (Å²) < 4.78 is 5.37. The minimum atomic E-state index is -0.954. The van der Waals surface area contributed by atoms with Gasteiger partial charge in [0.2, 0.25) is 5.91 Å². The monoisotopic (exact) mass is 418 g/mol. The molecule has 0 aromatic carbocycles. The van der Waals surface area contributed by atoms with Gasteiger partial charge in [-0.05, 0) is 44.1 Å². The molecule has 2 heterocycles. The number of fused-ring (bicyclic) bond motifs is 1. The number of amides is 2. The van der Waals surface area contributed by atoms with Crippen molar-refractivity contribution in [3.05, 3.63) is 28.2 Å². The lowest BCUT2D eigenvalue weighted by atomic mass is 9.82. The van der Waals surface area contributed by atoms with E-state index >= 15 is 0 Å². The maximum Gasteiger partial charge on any atom is 0.307 e. The third-order valence-electron chi connectivity index (χ3n) is 6.01. The Kier molecular flexibility index (Phi) is 6.01. The number of carboxylic acid groups (broad SMARTS) is 1. The molecular weight excluding hydrogens is 392 g/mol. The van der Waals surface area contributed by atoms with Crippen molar-refractivity contribution in [2.75, 3.05) is 31.6 Å². The van der Waals surface area contributed by atoms with Crippen LogP contribution in [0.5, 0.6) is 0 Å². The summed E-state index contributed by atoms with van der Waals surface area (Å²) in [5.41, 5.74) is 1.67. The highest BCUT2D eigenvalue weighted by molar-refractivity contribution is 7.17. The molecule has 0 bridgehead atoms. The van der Waals surface area contributed by atoms with E-state index in [1.165, 1.54) is 16.2 Å².